The van der Waals surface area contributed by atoms with E-state index >= 15 is 0 Å². The molecular formula is C14H19BrClN. The van der Waals surface area contributed by atoms with Crippen molar-refractivity contribution in [1.82, 2.24) is 5.32 Å². The summed E-state index contributed by atoms with van der Waals surface area (Å²) >= 11 is 9.64. The van der Waals surface area contributed by atoms with Gasteiger partial charge in [-0.15, -0.1) is 11.6 Å². The first-order valence-corrected chi connectivity index (χ1v) is 7.56. The SMILES string of the molecule is ClC1CCCC(CNCc2ccc(Br)cc2)C1. The van der Waals surface area contributed by atoms with E-state index in [-0.39, 0.29) is 0 Å². The van der Waals surface area contributed by atoms with E-state index in [1.807, 2.05) is 0 Å². The highest BCUT2D eigenvalue weighted by Crippen LogP contribution is 2.27. The Morgan fingerprint density at radius 1 is 1.24 bits per heavy atom. The van der Waals surface area contributed by atoms with Gasteiger partial charge in [-0.05, 0) is 49.4 Å². The number of hydrogen-bond donors (Lipinski definition) is 1. The Balaban J connectivity index is 1.70. The van der Waals surface area contributed by atoms with E-state index in [2.05, 4.69) is 45.5 Å². The van der Waals surface area contributed by atoms with Gasteiger partial charge in [-0.25, -0.2) is 0 Å². The van der Waals surface area contributed by atoms with Gasteiger partial charge in [0.1, 0.15) is 0 Å². The van der Waals surface area contributed by atoms with Crippen LogP contribution in [0, 0.1) is 5.92 Å². The molecule has 0 heterocycles. The van der Waals surface area contributed by atoms with Gasteiger partial charge in [0.05, 0.1) is 0 Å². The summed E-state index contributed by atoms with van der Waals surface area (Å²) < 4.78 is 1.14. The number of hydrogen-bond acceptors (Lipinski definition) is 1. The van der Waals surface area contributed by atoms with E-state index in [1.54, 1.807) is 0 Å². The highest BCUT2D eigenvalue weighted by molar-refractivity contribution is 9.10. The smallest absolute Gasteiger partial charge is 0.0339 e. The molecule has 1 saturated carbocycles. The molecule has 0 aliphatic heterocycles. The zero-order valence-electron chi connectivity index (χ0n) is 9.96. The molecule has 1 aliphatic rings. The van der Waals surface area contributed by atoms with E-state index in [0.717, 1.165) is 23.5 Å². The number of benzene rings is 1. The van der Waals surface area contributed by atoms with Crippen molar-refractivity contribution in [3.63, 3.8) is 0 Å². The molecule has 1 fully saturated rings. The highest BCUT2D eigenvalue weighted by Gasteiger charge is 2.19. The molecule has 2 atom stereocenters. The Morgan fingerprint density at radius 2 is 2.00 bits per heavy atom. The van der Waals surface area contributed by atoms with Gasteiger partial charge in [0, 0.05) is 16.4 Å². The molecule has 0 bridgehead atoms. The maximum atomic E-state index is 6.19. The Kier molecular flexibility index (Phi) is 5.33. The van der Waals surface area contributed by atoms with Gasteiger partial charge in [0.15, 0.2) is 0 Å². The molecule has 0 aromatic heterocycles. The standard InChI is InChI=1S/C14H19BrClN/c15-13-6-4-11(5-7-13)9-17-10-12-2-1-3-14(16)8-12/h4-7,12,14,17H,1-3,8-10H2. The fraction of sp³-hybridized carbons (Fsp3) is 0.571. The van der Waals surface area contributed by atoms with Crippen LogP contribution in [-0.4, -0.2) is 11.9 Å². The Bertz CT molecular complexity index is 339. The molecule has 0 radical (unpaired) electrons. The quantitative estimate of drug-likeness (QED) is 0.815. The number of halogens is 2. The zero-order chi connectivity index (χ0) is 12.1. The van der Waals surface area contributed by atoms with Crippen molar-refractivity contribution in [1.29, 1.82) is 0 Å². The second-order valence-electron chi connectivity index (χ2n) is 4.89. The molecule has 2 rings (SSSR count). The monoisotopic (exact) mass is 315 g/mol. The highest BCUT2D eigenvalue weighted by atomic mass is 79.9. The van der Waals surface area contributed by atoms with Gasteiger partial charge < -0.3 is 5.32 Å². The van der Waals surface area contributed by atoms with Crippen LogP contribution in [0.25, 0.3) is 0 Å². The Morgan fingerprint density at radius 3 is 2.71 bits per heavy atom. The van der Waals surface area contributed by atoms with Crippen molar-refractivity contribution in [2.75, 3.05) is 6.54 Å². The molecule has 0 saturated heterocycles. The molecule has 17 heavy (non-hydrogen) atoms. The lowest BCUT2D eigenvalue weighted by Crippen LogP contribution is -2.27. The first-order valence-electron chi connectivity index (χ1n) is 6.33. The van der Waals surface area contributed by atoms with Gasteiger partial charge in [-0.3, -0.25) is 0 Å². The van der Waals surface area contributed by atoms with E-state index in [0.29, 0.717) is 5.38 Å². The van der Waals surface area contributed by atoms with Crippen LogP contribution in [-0.2, 0) is 6.54 Å². The molecule has 0 amide bonds. The maximum Gasteiger partial charge on any atom is 0.0339 e. The third-order valence-corrected chi connectivity index (χ3v) is 4.32. The fourth-order valence-corrected chi connectivity index (χ4v) is 3.10. The summed E-state index contributed by atoms with van der Waals surface area (Å²) in [4.78, 5) is 0. The zero-order valence-corrected chi connectivity index (χ0v) is 12.3. The van der Waals surface area contributed by atoms with E-state index < -0.39 is 0 Å². The first kappa shape index (κ1) is 13.4. The predicted molar refractivity (Wildman–Crippen MR) is 77.4 cm³/mol. The van der Waals surface area contributed by atoms with Gasteiger partial charge in [-0.1, -0.05) is 34.5 Å². The lowest BCUT2D eigenvalue weighted by atomic mass is 9.89. The van der Waals surface area contributed by atoms with E-state index in [1.165, 1.54) is 31.2 Å². The topological polar surface area (TPSA) is 12.0 Å². The Labute approximate surface area is 117 Å². The molecule has 3 heteroatoms. The summed E-state index contributed by atoms with van der Waals surface area (Å²) in [5.41, 5.74) is 1.34. The summed E-state index contributed by atoms with van der Waals surface area (Å²) in [5.74, 6) is 0.765. The van der Waals surface area contributed by atoms with Crippen LogP contribution in [0.15, 0.2) is 28.7 Å². The van der Waals surface area contributed by atoms with Crippen molar-refractivity contribution in [2.45, 2.75) is 37.6 Å². The molecule has 0 spiro atoms. The largest absolute Gasteiger partial charge is 0.312 e. The Hall–Kier alpha value is -0.0500. The van der Waals surface area contributed by atoms with Gasteiger partial charge in [-0.2, -0.15) is 0 Å². The van der Waals surface area contributed by atoms with Crippen LogP contribution in [0.4, 0.5) is 0 Å². The molecular weight excluding hydrogens is 298 g/mol. The van der Waals surface area contributed by atoms with Crippen LogP contribution in [0.2, 0.25) is 0 Å². The van der Waals surface area contributed by atoms with Crippen LogP contribution >= 0.6 is 27.5 Å². The van der Waals surface area contributed by atoms with Gasteiger partial charge in [0.25, 0.3) is 0 Å². The number of alkyl halides is 1. The van der Waals surface area contributed by atoms with E-state index in [9.17, 15) is 0 Å². The molecule has 1 aromatic rings. The molecule has 94 valence electrons. The summed E-state index contributed by atoms with van der Waals surface area (Å²) in [6.07, 6.45) is 5.00. The average Bonchev–Trinajstić information content (AvgIpc) is 2.32. The van der Waals surface area contributed by atoms with Crippen molar-refractivity contribution < 1.29 is 0 Å². The van der Waals surface area contributed by atoms with Gasteiger partial charge >= 0.3 is 0 Å². The molecule has 1 aromatic carbocycles. The normalized spacial score (nSPS) is 24.8. The van der Waals surface area contributed by atoms with Crippen molar-refractivity contribution in [3.8, 4) is 0 Å². The minimum Gasteiger partial charge on any atom is -0.312 e. The van der Waals surface area contributed by atoms with Crippen molar-refractivity contribution in [2.24, 2.45) is 5.92 Å². The van der Waals surface area contributed by atoms with Crippen LogP contribution in [0.3, 0.4) is 0 Å². The minimum atomic E-state index is 0.406. The van der Waals surface area contributed by atoms with Gasteiger partial charge in [0.2, 0.25) is 0 Å². The van der Waals surface area contributed by atoms with Crippen LogP contribution < -0.4 is 5.32 Å². The second-order valence-corrected chi connectivity index (χ2v) is 6.42. The second kappa shape index (κ2) is 6.77. The fourth-order valence-electron chi connectivity index (χ4n) is 2.43. The third-order valence-electron chi connectivity index (χ3n) is 3.39. The van der Waals surface area contributed by atoms with Crippen molar-refractivity contribution in [3.05, 3.63) is 34.3 Å². The summed E-state index contributed by atoms with van der Waals surface area (Å²) in [6.45, 7) is 2.05. The van der Waals surface area contributed by atoms with Crippen LogP contribution in [0.1, 0.15) is 31.2 Å². The number of rotatable bonds is 4. The van der Waals surface area contributed by atoms with Crippen molar-refractivity contribution >= 4 is 27.5 Å². The third kappa shape index (κ3) is 4.61. The summed E-state index contributed by atoms with van der Waals surface area (Å²) in [6, 6.07) is 8.49. The molecule has 1 aliphatic carbocycles. The lowest BCUT2D eigenvalue weighted by molar-refractivity contribution is 0.346. The summed E-state index contributed by atoms with van der Waals surface area (Å²) in [7, 11) is 0. The van der Waals surface area contributed by atoms with E-state index in [4.69, 9.17) is 11.6 Å². The predicted octanol–water partition coefficient (Wildman–Crippen LogP) is 4.34. The minimum absolute atomic E-state index is 0.406. The number of nitrogens with one attached hydrogen (secondary N) is 1. The molecule has 1 nitrogen and oxygen atoms in total. The van der Waals surface area contributed by atoms with Crippen LogP contribution in [0.5, 0.6) is 0 Å². The maximum absolute atomic E-state index is 6.19. The lowest BCUT2D eigenvalue weighted by Gasteiger charge is -2.25. The summed E-state index contributed by atoms with van der Waals surface area (Å²) in [5, 5.41) is 3.94. The molecule has 2 unspecified atom stereocenters. The first-order chi connectivity index (χ1) is 8.24. The average molecular weight is 317 g/mol. The molecule has 1 N–H and O–H groups in total.